The molecule has 0 spiro atoms. The van der Waals surface area contributed by atoms with Gasteiger partial charge in [-0.2, -0.15) is 0 Å². The lowest BCUT2D eigenvalue weighted by molar-refractivity contribution is -0.127. The molecule has 1 aromatic heterocycles. The lowest BCUT2D eigenvalue weighted by Crippen LogP contribution is -2.30. The number of amides is 1. The zero-order valence-corrected chi connectivity index (χ0v) is 14.6. The molecule has 1 aromatic carbocycles. The third-order valence-corrected chi connectivity index (χ3v) is 4.54. The largest absolute Gasteiger partial charge is 0.349 e. The van der Waals surface area contributed by atoms with E-state index >= 15 is 0 Å². The van der Waals surface area contributed by atoms with Crippen LogP contribution in [-0.4, -0.2) is 39.9 Å². The van der Waals surface area contributed by atoms with Gasteiger partial charge in [0.1, 0.15) is 5.82 Å². The standard InChI is InChI=1S/C19H23FN4O/c1-3-17-13(2)11-21-19(23-17)22-16-10-18(25)24(12-16)9-8-14-4-6-15(20)7-5-14/h4-7,11,16H,3,8-10,12H2,1-2H3,(H,21,22,23)/t16-/m0/s1. The molecule has 1 saturated heterocycles. The molecule has 6 heteroatoms. The number of anilines is 1. The Bertz CT molecular complexity index is 748. The molecule has 1 fully saturated rings. The van der Waals surface area contributed by atoms with Gasteiger partial charge in [-0.1, -0.05) is 19.1 Å². The van der Waals surface area contributed by atoms with Crippen molar-refractivity contribution in [3.8, 4) is 0 Å². The SMILES string of the molecule is CCc1nc(N[C@H]2CC(=O)N(CCc3ccc(F)cc3)C2)ncc1C. The van der Waals surface area contributed by atoms with E-state index < -0.39 is 0 Å². The van der Waals surface area contributed by atoms with Crippen LogP contribution >= 0.6 is 0 Å². The summed E-state index contributed by atoms with van der Waals surface area (Å²) in [6.45, 7) is 5.34. The number of nitrogens with one attached hydrogen (secondary N) is 1. The molecule has 5 nitrogen and oxygen atoms in total. The molecule has 0 bridgehead atoms. The molecule has 1 N–H and O–H groups in total. The summed E-state index contributed by atoms with van der Waals surface area (Å²) in [6, 6.07) is 6.45. The summed E-state index contributed by atoms with van der Waals surface area (Å²) in [6.07, 6.45) is 3.84. The van der Waals surface area contributed by atoms with Gasteiger partial charge in [0.2, 0.25) is 11.9 Å². The van der Waals surface area contributed by atoms with Gasteiger partial charge in [-0.15, -0.1) is 0 Å². The second-order valence-corrected chi connectivity index (χ2v) is 6.44. The maximum Gasteiger partial charge on any atom is 0.224 e. The number of hydrogen-bond acceptors (Lipinski definition) is 4. The minimum Gasteiger partial charge on any atom is -0.349 e. The Kier molecular flexibility index (Phi) is 5.26. The van der Waals surface area contributed by atoms with Gasteiger partial charge in [-0.05, 0) is 43.0 Å². The van der Waals surface area contributed by atoms with Crippen molar-refractivity contribution in [1.29, 1.82) is 0 Å². The van der Waals surface area contributed by atoms with Crippen LogP contribution in [0.25, 0.3) is 0 Å². The van der Waals surface area contributed by atoms with Crippen LogP contribution in [0.15, 0.2) is 30.5 Å². The van der Waals surface area contributed by atoms with Crippen molar-refractivity contribution >= 4 is 11.9 Å². The van der Waals surface area contributed by atoms with E-state index in [0.29, 0.717) is 25.5 Å². The second-order valence-electron chi connectivity index (χ2n) is 6.44. The van der Waals surface area contributed by atoms with E-state index in [1.807, 2.05) is 18.0 Å². The van der Waals surface area contributed by atoms with E-state index in [9.17, 15) is 9.18 Å². The van der Waals surface area contributed by atoms with E-state index in [4.69, 9.17) is 0 Å². The van der Waals surface area contributed by atoms with E-state index in [-0.39, 0.29) is 17.8 Å². The van der Waals surface area contributed by atoms with Crippen LogP contribution in [0, 0.1) is 12.7 Å². The molecular formula is C19H23FN4O. The number of halogens is 1. The van der Waals surface area contributed by atoms with Gasteiger partial charge < -0.3 is 10.2 Å². The molecule has 0 unspecified atom stereocenters. The number of nitrogens with zero attached hydrogens (tertiary/aromatic N) is 3. The molecule has 1 atom stereocenters. The Balaban J connectivity index is 1.56. The Labute approximate surface area is 147 Å². The molecule has 1 aliphatic heterocycles. The van der Waals surface area contributed by atoms with Gasteiger partial charge in [-0.3, -0.25) is 4.79 Å². The first-order chi connectivity index (χ1) is 12.0. The second kappa shape index (κ2) is 7.59. The molecule has 1 amide bonds. The van der Waals surface area contributed by atoms with Crippen molar-refractivity contribution in [3.05, 3.63) is 53.1 Å². The molecule has 2 heterocycles. The number of rotatable bonds is 6. The van der Waals surface area contributed by atoms with Crippen molar-refractivity contribution in [1.82, 2.24) is 14.9 Å². The Morgan fingerprint density at radius 3 is 2.80 bits per heavy atom. The first kappa shape index (κ1) is 17.3. The summed E-state index contributed by atoms with van der Waals surface area (Å²) >= 11 is 0. The highest BCUT2D eigenvalue weighted by Crippen LogP contribution is 2.17. The third-order valence-electron chi connectivity index (χ3n) is 4.54. The fourth-order valence-corrected chi connectivity index (χ4v) is 3.09. The van der Waals surface area contributed by atoms with Crippen molar-refractivity contribution in [3.63, 3.8) is 0 Å². The van der Waals surface area contributed by atoms with Crippen LogP contribution < -0.4 is 5.32 Å². The quantitative estimate of drug-likeness (QED) is 0.877. The molecule has 1 aliphatic rings. The molecule has 3 rings (SSSR count). The van der Waals surface area contributed by atoms with E-state index in [1.54, 1.807) is 12.1 Å². The fourth-order valence-electron chi connectivity index (χ4n) is 3.09. The average molecular weight is 342 g/mol. The van der Waals surface area contributed by atoms with E-state index in [2.05, 4.69) is 22.2 Å². The predicted molar refractivity (Wildman–Crippen MR) is 94.9 cm³/mol. The minimum absolute atomic E-state index is 0.0214. The van der Waals surface area contributed by atoms with Crippen LogP contribution in [0.3, 0.4) is 0 Å². The van der Waals surface area contributed by atoms with Crippen LogP contribution in [0.2, 0.25) is 0 Å². The molecule has 2 aromatic rings. The van der Waals surface area contributed by atoms with Gasteiger partial charge >= 0.3 is 0 Å². The Morgan fingerprint density at radius 2 is 2.08 bits per heavy atom. The van der Waals surface area contributed by atoms with Gasteiger partial charge in [0, 0.05) is 31.4 Å². The van der Waals surface area contributed by atoms with Crippen molar-refractivity contribution in [2.75, 3.05) is 18.4 Å². The van der Waals surface area contributed by atoms with Crippen molar-refractivity contribution in [2.24, 2.45) is 0 Å². The number of carbonyl (C=O) groups is 1. The van der Waals surface area contributed by atoms with E-state index in [1.165, 1.54) is 12.1 Å². The highest BCUT2D eigenvalue weighted by atomic mass is 19.1. The number of hydrogen-bond donors (Lipinski definition) is 1. The van der Waals surface area contributed by atoms with Gasteiger partial charge in [0.05, 0.1) is 6.04 Å². The molecule has 132 valence electrons. The predicted octanol–water partition coefficient (Wildman–Crippen LogP) is 2.74. The topological polar surface area (TPSA) is 58.1 Å². The highest BCUT2D eigenvalue weighted by Gasteiger charge is 2.29. The summed E-state index contributed by atoms with van der Waals surface area (Å²) < 4.78 is 12.9. The van der Waals surface area contributed by atoms with Gasteiger partial charge in [0.15, 0.2) is 0 Å². The van der Waals surface area contributed by atoms with Crippen LogP contribution in [-0.2, 0) is 17.6 Å². The minimum atomic E-state index is -0.241. The van der Waals surface area contributed by atoms with Crippen LogP contribution in [0.5, 0.6) is 0 Å². The number of aryl methyl sites for hydroxylation is 2. The lowest BCUT2D eigenvalue weighted by atomic mass is 10.1. The first-order valence-corrected chi connectivity index (χ1v) is 8.66. The van der Waals surface area contributed by atoms with Crippen LogP contribution in [0.4, 0.5) is 10.3 Å². The molecule has 0 saturated carbocycles. The monoisotopic (exact) mass is 342 g/mol. The lowest BCUT2D eigenvalue weighted by Gasteiger charge is -2.17. The number of benzene rings is 1. The summed E-state index contributed by atoms with van der Waals surface area (Å²) in [7, 11) is 0. The normalized spacial score (nSPS) is 17.2. The first-order valence-electron chi connectivity index (χ1n) is 8.66. The molecule has 25 heavy (non-hydrogen) atoms. The number of carbonyl (C=O) groups excluding carboxylic acids is 1. The van der Waals surface area contributed by atoms with Crippen molar-refractivity contribution < 1.29 is 9.18 Å². The zero-order valence-electron chi connectivity index (χ0n) is 14.6. The van der Waals surface area contributed by atoms with E-state index in [0.717, 1.165) is 29.7 Å². The smallest absolute Gasteiger partial charge is 0.224 e. The summed E-state index contributed by atoms with van der Waals surface area (Å²) in [5, 5.41) is 3.27. The maximum absolute atomic E-state index is 12.9. The third kappa shape index (κ3) is 4.32. The molecule has 0 aliphatic carbocycles. The fraction of sp³-hybridized carbons (Fsp3) is 0.421. The summed E-state index contributed by atoms with van der Waals surface area (Å²) in [5.74, 6) is 0.470. The molecule has 0 radical (unpaired) electrons. The summed E-state index contributed by atoms with van der Waals surface area (Å²) in [4.78, 5) is 22.9. The summed E-state index contributed by atoms with van der Waals surface area (Å²) in [5.41, 5.74) is 3.13. The number of aromatic nitrogens is 2. The highest BCUT2D eigenvalue weighted by molar-refractivity contribution is 5.79. The Hall–Kier alpha value is -2.50. The van der Waals surface area contributed by atoms with Gasteiger partial charge in [-0.25, -0.2) is 14.4 Å². The van der Waals surface area contributed by atoms with Crippen LogP contribution in [0.1, 0.15) is 30.2 Å². The number of likely N-dealkylation sites (tertiary alicyclic amines) is 1. The van der Waals surface area contributed by atoms with Crippen molar-refractivity contribution in [2.45, 2.75) is 39.2 Å². The molecular weight excluding hydrogens is 319 g/mol. The average Bonchev–Trinajstić information content (AvgIpc) is 2.95. The maximum atomic E-state index is 12.9. The zero-order chi connectivity index (χ0) is 17.8. The Morgan fingerprint density at radius 1 is 1.32 bits per heavy atom. The van der Waals surface area contributed by atoms with Gasteiger partial charge in [0.25, 0.3) is 0 Å².